The van der Waals surface area contributed by atoms with Crippen LogP contribution in [0.4, 0.5) is 5.69 Å². The summed E-state index contributed by atoms with van der Waals surface area (Å²) in [6.45, 7) is 2.09. The molecule has 2 N–H and O–H groups in total. The molecule has 23 heavy (non-hydrogen) atoms. The van der Waals surface area contributed by atoms with Gasteiger partial charge in [0, 0.05) is 11.7 Å². The summed E-state index contributed by atoms with van der Waals surface area (Å²) in [6.07, 6.45) is 5.23. The first kappa shape index (κ1) is 16.5. The number of carbonyl (C=O) groups excluding carboxylic acids is 1. The Morgan fingerprint density at radius 3 is 2.83 bits per heavy atom. The Balaban J connectivity index is 1.58. The second-order valence-electron chi connectivity index (χ2n) is 6.29. The summed E-state index contributed by atoms with van der Waals surface area (Å²) in [5.74, 6) is 1.22. The van der Waals surface area contributed by atoms with Gasteiger partial charge in [0.25, 0.3) is 0 Å². The Labute approximate surface area is 146 Å². The minimum absolute atomic E-state index is 0.326. The molecule has 2 bridgehead atoms. The number of halogens is 1. The third-order valence-corrected chi connectivity index (χ3v) is 5.31. The number of thiocarbonyl (C=S) groups is 1. The third-order valence-electron chi connectivity index (χ3n) is 4.78. The van der Waals surface area contributed by atoms with Crippen molar-refractivity contribution in [2.45, 2.75) is 38.6 Å². The van der Waals surface area contributed by atoms with Gasteiger partial charge in [-0.05, 0) is 68.4 Å². The molecule has 0 aliphatic heterocycles. The van der Waals surface area contributed by atoms with Crippen LogP contribution in [0.15, 0.2) is 18.2 Å². The molecule has 0 aromatic heterocycles. The van der Waals surface area contributed by atoms with E-state index in [1.54, 1.807) is 25.1 Å². The number of rotatable bonds is 4. The fourth-order valence-electron chi connectivity index (χ4n) is 3.72. The molecular formula is C17H21ClN2O2S. The van der Waals surface area contributed by atoms with Crippen LogP contribution >= 0.6 is 23.8 Å². The summed E-state index contributed by atoms with van der Waals surface area (Å²) in [4.78, 5) is 11.7. The summed E-state index contributed by atoms with van der Waals surface area (Å²) in [5, 5.41) is 7.54. The number of benzene rings is 1. The van der Waals surface area contributed by atoms with Crippen LogP contribution in [0.25, 0.3) is 0 Å². The number of hydrogen-bond donors (Lipinski definition) is 2. The molecule has 2 aliphatic carbocycles. The van der Waals surface area contributed by atoms with Crippen molar-refractivity contribution in [2.75, 3.05) is 11.9 Å². The maximum absolute atomic E-state index is 11.7. The monoisotopic (exact) mass is 352 g/mol. The Kier molecular flexibility index (Phi) is 5.07. The van der Waals surface area contributed by atoms with Crippen LogP contribution in [-0.2, 0) is 4.74 Å². The van der Waals surface area contributed by atoms with E-state index < -0.39 is 5.97 Å². The van der Waals surface area contributed by atoms with Crippen molar-refractivity contribution in [1.82, 2.24) is 5.32 Å². The van der Waals surface area contributed by atoms with Crippen molar-refractivity contribution in [3.8, 4) is 0 Å². The predicted molar refractivity (Wildman–Crippen MR) is 96.0 cm³/mol. The van der Waals surface area contributed by atoms with Crippen molar-refractivity contribution in [3.63, 3.8) is 0 Å². The molecule has 0 spiro atoms. The van der Waals surface area contributed by atoms with E-state index in [-0.39, 0.29) is 0 Å². The van der Waals surface area contributed by atoms with E-state index in [1.807, 2.05) is 0 Å². The Morgan fingerprint density at radius 1 is 1.39 bits per heavy atom. The van der Waals surface area contributed by atoms with E-state index >= 15 is 0 Å². The van der Waals surface area contributed by atoms with Crippen molar-refractivity contribution >= 4 is 40.6 Å². The molecule has 3 atom stereocenters. The molecule has 1 aromatic carbocycles. The molecule has 3 rings (SSSR count). The molecule has 2 aliphatic rings. The summed E-state index contributed by atoms with van der Waals surface area (Å²) >= 11 is 11.6. The van der Waals surface area contributed by atoms with Crippen molar-refractivity contribution in [3.05, 3.63) is 28.8 Å². The highest BCUT2D eigenvalue weighted by molar-refractivity contribution is 7.80. The number of esters is 1. The van der Waals surface area contributed by atoms with E-state index in [2.05, 4.69) is 10.6 Å². The van der Waals surface area contributed by atoms with Gasteiger partial charge in [-0.1, -0.05) is 18.0 Å². The summed E-state index contributed by atoms with van der Waals surface area (Å²) in [5.41, 5.74) is 1.13. The van der Waals surface area contributed by atoms with Gasteiger partial charge in [0.2, 0.25) is 0 Å². The van der Waals surface area contributed by atoms with E-state index in [9.17, 15) is 4.79 Å². The van der Waals surface area contributed by atoms with Crippen molar-refractivity contribution in [1.29, 1.82) is 0 Å². The average Bonchev–Trinajstić information content (AvgIpc) is 3.10. The molecule has 0 heterocycles. The van der Waals surface area contributed by atoms with Gasteiger partial charge in [0.05, 0.1) is 17.2 Å². The van der Waals surface area contributed by atoms with Crippen LogP contribution in [0.5, 0.6) is 0 Å². The molecular weight excluding hydrogens is 332 g/mol. The van der Waals surface area contributed by atoms with E-state index in [1.165, 1.54) is 25.7 Å². The Hall–Kier alpha value is -1.33. The molecule has 1 aromatic rings. The topological polar surface area (TPSA) is 50.4 Å². The highest BCUT2D eigenvalue weighted by Gasteiger charge is 2.39. The summed E-state index contributed by atoms with van der Waals surface area (Å²) in [7, 11) is 0. The first-order valence-electron chi connectivity index (χ1n) is 8.11. The number of carbonyl (C=O) groups is 1. The SMILES string of the molecule is CCOC(=O)c1ccc(NC(=S)N[C@H]2C[C@H]3CC[C@@H]2C3)cc1Cl. The van der Waals surface area contributed by atoms with Gasteiger partial charge < -0.3 is 15.4 Å². The van der Waals surface area contributed by atoms with Gasteiger partial charge in [0.1, 0.15) is 0 Å². The van der Waals surface area contributed by atoms with Gasteiger partial charge in [0.15, 0.2) is 5.11 Å². The zero-order valence-corrected chi connectivity index (χ0v) is 14.7. The zero-order chi connectivity index (χ0) is 16.4. The van der Waals surface area contributed by atoms with Crippen LogP contribution in [0.3, 0.4) is 0 Å². The lowest BCUT2D eigenvalue weighted by atomic mass is 9.96. The molecule has 4 nitrogen and oxygen atoms in total. The first-order chi connectivity index (χ1) is 11.1. The fourth-order valence-corrected chi connectivity index (χ4v) is 4.25. The van der Waals surface area contributed by atoms with Gasteiger partial charge in [-0.3, -0.25) is 0 Å². The highest BCUT2D eigenvalue weighted by atomic mass is 35.5. The Morgan fingerprint density at radius 2 is 2.22 bits per heavy atom. The van der Waals surface area contributed by atoms with Gasteiger partial charge in [-0.25, -0.2) is 4.79 Å². The minimum atomic E-state index is -0.410. The minimum Gasteiger partial charge on any atom is -0.462 e. The molecule has 0 radical (unpaired) electrons. The lowest BCUT2D eigenvalue weighted by Gasteiger charge is -2.24. The predicted octanol–water partition coefficient (Wildman–Crippen LogP) is 3.99. The first-order valence-corrected chi connectivity index (χ1v) is 8.89. The molecule has 124 valence electrons. The second-order valence-corrected chi connectivity index (χ2v) is 7.11. The van der Waals surface area contributed by atoms with Crippen LogP contribution < -0.4 is 10.6 Å². The lowest BCUT2D eigenvalue weighted by molar-refractivity contribution is 0.0526. The number of nitrogens with one attached hydrogen (secondary N) is 2. The van der Waals surface area contributed by atoms with Crippen LogP contribution in [0, 0.1) is 11.8 Å². The fraction of sp³-hybridized carbons (Fsp3) is 0.529. The molecule has 2 saturated carbocycles. The second kappa shape index (κ2) is 7.05. The zero-order valence-electron chi connectivity index (χ0n) is 13.1. The standard InChI is InChI=1S/C17H21ClN2O2S/c1-2-22-16(21)13-6-5-12(9-14(13)18)19-17(23)20-15-8-10-3-4-11(15)7-10/h5-6,9-11,15H,2-4,7-8H2,1H3,(H2,19,20,23)/t10-,11+,15-/m0/s1. The van der Waals surface area contributed by atoms with Gasteiger partial charge in [-0.15, -0.1) is 0 Å². The van der Waals surface area contributed by atoms with Gasteiger partial charge >= 0.3 is 5.97 Å². The molecule has 0 unspecified atom stereocenters. The van der Waals surface area contributed by atoms with Crippen LogP contribution in [0.1, 0.15) is 43.0 Å². The quantitative estimate of drug-likeness (QED) is 0.633. The van der Waals surface area contributed by atoms with Crippen LogP contribution in [-0.4, -0.2) is 23.7 Å². The largest absolute Gasteiger partial charge is 0.462 e. The van der Waals surface area contributed by atoms with Crippen LogP contribution in [0.2, 0.25) is 5.02 Å². The van der Waals surface area contributed by atoms with E-state index in [0.29, 0.717) is 28.3 Å². The average molecular weight is 353 g/mol. The van der Waals surface area contributed by atoms with Crippen molar-refractivity contribution in [2.24, 2.45) is 11.8 Å². The molecule has 6 heteroatoms. The normalized spacial score (nSPS) is 25.2. The number of fused-ring (bicyclic) bond motifs is 2. The maximum Gasteiger partial charge on any atom is 0.339 e. The summed E-state index contributed by atoms with van der Waals surface area (Å²) in [6, 6.07) is 5.63. The van der Waals surface area contributed by atoms with Crippen molar-refractivity contribution < 1.29 is 9.53 Å². The number of ether oxygens (including phenoxy) is 1. The lowest BCUT2D eigenvalue weighted by Crippen LogP contribution is -2.40. The van der Waals surface area contributed by atoms with E-state index in [0.717, 1.165) is 17.5 Å². The van der Waals surface area contributed by atoms with E-state index in [4.69, 9.17) is 28.6 Å². The molecule has 0 amide bonds. The highest BCUT2D eigenvalue weighted by Crippen LogP contribution is 2.44. The van der Waals surface area contributed by atoms with Gasteiger partial charge in [-0.2, -0.15) is 0 Å². The number of anilines is 1. The summed E-state index contributed by atoms with van der Waals surface area (Å²) < 4.78 is 4.96. The smallest absolute Gasteiger partial charge is 0.339 e. The molecule has 0 saturated heterocycles. The Bertz CT molecular complexity index is 623. The third kappa shape index (κ3) is 3.78. The number of hydrogen-bond acceptors (Lipinski definition) is 3. The maximum atomic E-state index is 11.7. The molecule has 2 fully saturated rings.